The van der Waals surface area contributed by atoms with Gasteiger partial charge < -0.3 is 40.0 Å². The maximum Gasteiger partial charge on any atom is 0.416 e. The minimum absolute atomic E-state index is 0.0765. The summed E-state index contributed by atoms with van der Waals surface area (Å²) in [4.78, 5) is 25.3. The van der Waals surface area contributed by atoms with Gasteiger partial charge in [0.15, 0.2) is 11.5 Å². The Morgan fingerprint density at radius 2 is 1.63 bits per heavy atom. The first kappa shape index (κ1) is 28.6. The lowest BCUT2D eigenvalue weighted by Crippen LogP contribution is -2.47. The van der Waals surface area contributed by atoms with Gasteiger partial charge in [-0.15, -0.1) is 0 Å². The van der Waals surface area contributed by atoms with Crippen molar-refractivity contribution in [1.29, 1.82) is 0 Å². The van der Waals surface area contributed by atoms with E-state index in [4.69, 9.17) is 18.9 Å². The maximum atomic E-state index is 12.8. The van der Waals surface area contributed by atoms with Crippen LogP contribution in [0.25, 0.3) is 0 Å². The number of amides is 3. The van der Waals surface area contributed by atoms with E-state index in [2.05, 4.69) is 16.0 Å². The summed E-state index contributed by atoms with van der Waals surface area (Å²) >= 11 is 0. The van der Waals surface area contributed by atoms with Gasteiger partial charge >= 0.3 is 12.2 Å². The van der Waals surface area contributed by atoms with Crippen molar-refractivity contribution in [2.24, 2.45) is 0 Å². The smallest absolute Gasteiger partial charge is 0.416 e. The van der Waals surface area contributed by atoms with Gasteiger partial charge in [0.25, 0.3) is 0 Å². The Morgan fingerprint density at radius 1 is 0.907 bits per heavy atom. The average Bonchev–Trinajstić information content (AvgIpc) is 3.59. The van der Waals surface area contributed by atoms with E-state index in [9.17, 15) is 27.9 Å². The first-order valence-corrected chi connectivity index (χ1v) is 13.6. The van der Waals surface area contributed by atoms with E-state index in [0.29, 0.717) is 35.9 Å². The molecule has 1 fully saturated rings. The van der Waals surface area contributed by atoms with Gasteiger partial charge in [-0.1, -0.05) is 6.07 Å². The van der Waals surface area contributed by atoms with Crippen LogP contribution in [-0.4, -0.2) is 48.8 Å². The number of hydrogen-bond donors (Lipinski definition) is 4. The number of aliphatic hydroxyl groups is 1. The van der Waals surface area contributed by atoms with Crippen molar-refractivity contribution in [2.75, 3.05) is 24.0 Å². The topological polar surface area (TPSA) is 127 Å². The van der Waals surface area contributed by atoms with E-state index in [1.807, 2.05) is 12.1 Å². The maximum absolute atomic E-state index is 12.8. The molecule has 0 saturated carbocycles. The van der Waals surface area contributed by atoms with Crippen molar-refractivity contribution in [3.05, 3.63) is 77.4 Å². The van der Waals surface area contributed by atoms with Crippen LogP contribution >= 0.6 is 0 Å². The largest absolute Gasteiger partial charge is 0.487 e. The fourth-order valence-corrected chi connectivity index (χ4v) is 5.53. The Balaban J connectivity index is 1.07. The summed E-state index contributed by atoms with van der Waals surface area (Å²) in [6.07, 6.45) is -5.55. The quantitative estimate of drug-likeness (QED) is 0.308. The van der Waals surface area contributed by atoms with Crippen LogP contribution in [0.4, 0.5) is 29.3 Å². The molecule has 0 radical (unpaired) electrons. The normalized spacial score (nSPS) is 21.8. The highest BCUT2D eigenvalue weighted by molar-refractivity contribution is 5.99. The number of fused-ring (bicyclic) bond motifs is 4. The Morgan fingerprint density at radius 3 is 2.40 bits per heavy atom. The molecule has 43 heavy (non-hydrogen) atoms. The van der Waals surface area contributed by atoms with Crippen LogP contribution in [0.5, 0.6) is 17.2 Å². The molecular formula is C30H28F3N3O7. The van der Waals surface area contributed by atoms with Gasteiger partial charge in [-0.05, 0) is 66.6 Å². The molecule has 3 aliphatic rings. The molecule has 4 atom stereocenters. The molecule has 3 aromatic carbocycles. The molecule has 3 heterocycles. The standard InChI is InChI=1S/C30H28F3N3O7/c31-30(32,33)17-2-4-18(5-3-17)35-29(39)36-19-6-8-23-21(10-19)22-11-20(42-26(14-37)28(22)43-23)12-27(38)34-13-16-1-7-24-25(9-16)41-15-40-24/h1-10,20,22,26,28,37H,11-15H2,(H,34,38)(H2,35,36,39)/t20-,22-,26+,28+/m1/s1. The fraction of sp³-hybridized carbons (Fsp3) is 0.333. The number of urea groups is 1. The number of anilines is 2. The number of ether oxygens (including phenoxy) is 4. The second kappa shape index (κ2) is 11.7. The molecule has 226 valence electrons. The van der Waals surface area contributed by atoms with Crippen LogP contribution in [0.15, 0.2) is 60.7 Å². The molecule has 4 N–H and O–H groups in total. The molecule has 3 amide bonds. The average molecular weight is 600 g/mol. The predicted molar refractivity (Wildman–Crippen MR) is 147 cm³/mol. The molecule has 0 unspecified atom stereocenters. The highest BCUT2D eigenvalue weighted by Gasteiger charge is 2.46. The number of carbonyl (C=O) groups excluding carboxylic acids is 2. The van der Waals surface area contributed by atoms with Gasteiger partial charge in [0.05, 0.1) is 24.7 Å². The van der Waals surface area contributed by atoms with Crippen LogP contribution in [-0.2, 0) is 22.3 Å². The Bertz CT molecular complexity index is 1520. The Kier molecular flexibility index (Phi) is 7.75. The zero-order valence-corrected chi connectivity index (χ0v) is 22.6. The van der Waals surface area contributed by atoms with Gasteiger partial charge in [0, 0.05) is 29.4 Å². The highest BCUT2D eigenvalue weighted by Crippen LogP contribution is 2.47. The van der Waals surface area contributed by atoms with E-state index in [-0.39, 0.29) is 37.3 Å². The number of halogens is 3. The van der Waals surface area contributed by atoms with Crippen molar-refractivity contribution in [3.63, 3.8) is 0 Å². The van der Waals surface area contributed by atoms with E-state index in [1.165, 1.54) is 12.1 Å². The monoisotopic (exact) mass is 599 g/mol. The minimum Gasteiger partial charge on any atom is -0.487 e. The lowest BCUT2D eigenvalue weighted by atomic mass is 9.84. The van der Waals surface area contributed by atoms with Crippen molar-refractivity contribution >= 4 is 23.3 Å². The predicted octanol–water partition coefficient (Wildman–Crippen LogP) is 4.78. The molecule has 6 rings (SSSR count). The Labute approximate surface area is 244 Å². The van der Waals surface area contributed by atoms with Crippen molar-refractivity contribution in [3.8, 4) is 17.2 Å². The lowest BCUT2D eigenvalue weighted by Gasteiger charge is -2.37. The summed E-state index contributed by atoms with van der Waals surface area (Å²) < 4.78 is 61.2. The second-order valence-corrected chi connectivity index (χ2v) is 10.5. The molecule has 10 nitrogen and oxygen atoms in total. The molecule has 3 aromatic rings. The zero-order chi connectivity index (χ0) is 30.1. The number of aliphatic hydroxyl groups excluding tert-OH is 1. The summed E-state index contributed by atoms with van der Waals surface area (Å²) in [5.41, 5.74) is 1.48. The number of rotatable bonds is 7. The number of hydrogen-bond acceptors (Lipinski definition) is 7. The first-order chi connectivity index (χ1) is 20.7. The number of nitrogens with one attached hydrogen (secondary N) is 3. The molecule has 0 spiro atoms. The van der Waals surface area contributed by atoms with Crippen LogP contribution in [0.3, 0.4) is 0 Å². The summed E-state index contributed by atoms with van der Waals surface area (Å²) in [5.74, 6) is 1.45. The third kappa shape index (κ3) is 6.32. The van der Waals surface area contributed by atoms with Crippen LogP contribution in [0.2, 0.25) is 0 Å². The van der Waals surface area contributed by atoms with Gasteiger partial charge in [-0.25, -0.2) is 4.79 Å². The van der Waals surface area contributed by atoms with Gasteiger partial charge in [-0.2, -0.15) is 13.2 Å². The number of alkyl halides is 3. The molecule has 1 saturated heterocycles. The molecule has 0 aromatic heterocycles. The summed E-state index contributed by atoms with van der Waals surface area (Å²) in [7, 11) is 0. The first-order valence-electron chi connectivity index (χ1n) is 13.6. The zero-order valence-electron chi connectivity index (χ0n) is 22.6. The summed E-state index contributed by atoms with van der Waals surface area (Å²) in [6.45, 7) is 0.164. The second-order valence-electron chi connectivity index (χ2n) is 10.5. The SMILES string of the molecule is O=C(C[C@H]1C[C@@H]2c3cc(NC(=O)Nc4ccc(C(F)(F)F)cc4)ccc3O[C@@H]2[C@H](CO)O1)NCc1ccc2c(c1)OCO2. The van der Waals surface area contributed by atoms with Gasteiger partial charge in [0.1, 0.15) is 18.0 Å². The van der Waals surface area contributed by atoms with Crippen molar-refractivity contribution in [1.82, 2.24) is 5.32 Å². The third-order valence-corrected chi connectivity index (χ3v) is 7.57. The number of carbonyl (C=O) groups is 2. The van der Waals surface area contributed by atoms with E-state index < -0.39 is 36.1 Å². The summed E-state index contributed by atoms with van der Waals surface area (Å²) in [5, 5.41) is 18.1. The van der Waals surface area contributed by atoms with Crippen molar-refractivity contribution < 1.29 is 46.8 Å². The van der Waals surface area contributed by atoms with Crippen molar-refractivity contribution in [2.45, 2.75) is 49.8 Å². The number of benzene rings is 3. The minimum atomic E-state index is -4.47. The van der Waals surface area contributed by atoms with Crippen LogP contribution in [0, 0.1) is 0 Å². The lowest BCUT2D eigenvalue weighted by molar-refractivity contribution is -0.142. The van der Waals surface area contributed by atoms with Gasteiger partial charge in [-0.3, -0.25) is 4.79 Å². The molecule has 3 aliphatic heterocycles. The molecule has 13 heteroatoms. The highest BCUT2D eigenvalue weighted by atomic mass is 19.4. The third-order valence-electron chi connectivity index (χ3n) is 7.57. The van der Waals surface area contributed by atoms with Gasteiger partial charge in [0.2, 0.25) is 12.7 Å². The fourth-order valence-electron chi connectivity index (χ4n) is 5.53. The van der Waals surface area contributed by atoms with E-state index in [1.54, 1.807) is 24.3 Å². The molecule has 0 aliphatic carbocycles. The molecule has 0 bridgehead atoms. The molecular weight excluding hydrogens is 571 g/mol. The van der Waals surface area contributed by atoms with E-state index >= 15 is 0 Å². The Hall–Kier alpha value is -4.49. The van der Waals surface area contributed by atoms with E-state index in [0.717, 1.165) is 23.3 Å². The van der Waals surface area contributed by atoms with Crippen LogP contribution < -0.4 is 30.2 Å². The van der Waals surface area contributed by atoms with Crippen LogP contribution in [0.1, 0.15) is 35.4 Å². The summed E-state index contributed by atoms with van der Waals surface area (Å²) in [6, 6.07) is 14.0.